The lowest BCUT2D eigenvalue weighted by Gasteiger charge is -2.71. The van der Waals surface area contributed by atoms with Crippen LogP contribution in [0.15, 0.2) is 0 Å². The molecule has 0 heterocycles. The Bertz CT molecular complexity index is 431. The zero-order valence-electron chi connectivity index (χ0n) is 11.0. The Labute approximate surface area is 103 Å². The molecular formula is C15H22O2. The molecule has 2 nitrogen and oxygen atoms in total. The number of hydrogen-bond acceptors (Lipinski definition) is 2. The summed E-state index contributed by atoms with van der Waals surface area (Å²) in [6.45, 7) is 6.90. The molecule has 4 fully saturated rings. The molecule has 4 aliphatic carbocycles. The highest BCUT2D eigenvalue weighted by atomic mass is 16.3. The van der Waals surface area contributed by atoms with Crippen LogP contribution in [0.5, 0.6) is 0 Å². The third-order valence-corrected chi connectivity index (χ3v) is 7.84. The molecule has 17 heavy (non-hydrogen) atoms. The van der Waals surface area contributed by atoms with Crippen molar-refractivity contribution in [1.82, 2.24) is 0 Å². The van der Waals surface area contributed by atoms with E-state index in [-0.39, 0.29) is 22.9 Å². The fourth-order valence-corrected chi connectivity index (χ4v) is 6.81. The van der Waals surface area contributed by atoms with Crippen LogP contribution in [-0.2, 0) is 4.79 Å². The summed E-state index contributed by atoms with van der Waals surface area (Å²) in [7, 11) is 0. The highest BCUT2D eigenvalue weighted by Gasteiger charge is 2.83. The van der Waals surface area contributed by atoms with Crippen molar-refractivity contribution in [3.8, 4) is 0 Å². The van der Waals surface area contributed by atoms with E-state index >= 15 is 0 Å². The molecule has 2 bridgehead atoms. The van der Waals surface area contributed by atoms with E-state index < -0.39 is 0 Å². The maximum absolute atomic E-state index is 12.2. The van der Waals surface area contributed by atoms with Gasteiger partial charge in [0.15, 0.2) is 0 Å². The molecule has 4 rings (SSSR count). The van der Waals surface area contributed by atoms with Crippen LogP contribution in [-0.4, -0.2) is 17.0 Å². The van der Waals surface area contributed by atoms with Crippen molar-refractivity contribution in [3.63, 3.8) is 0 Å². The van der Waals surface area contributed by atoms with Gasteiger partial charge in [-0.2, -0.15) is 0 Å². The van der Waals surface area contributed by atoms with Crippen molar-refractivity contribution in [2.45, 2.75) is 52.6 Å². The molecule has 0 aromatic heterocycles. The molecule has 4 aliphatic rings. The van der Waals surface area contributed by atoms with Gasteiger partial charge in [0.2, 0.25) is 0 Å². The first-order valence-corrected chi connectivity index (χ1v) is 7.08. The fraction of sp³-hybridized carbons (Fsp3) is 0.933. The van der Waals surface area contributed by atoms with Gasteiger partial charge in [0, 0.05) is 17.8 Å². The van der Waals surface area contributed by atoms with E-state index in [2.05, 4.69) is 20.8 Å². The number of Topliss-reactive ketones (excluding diaryl/α,β-unsaturated/α-hetero) is 1. The molecular weight excluding hydrogens is 212 g/mol. The van der Waals surface area contributed by atoms with E-state index in [0.717, 1.165) is 12.8 Å². The van der Waals surface area contributed by atoms with Crippen LogP contribution < -0.4 is 0 Å². The van der Waals surface area contributed by atoms with Crippen molar-refractivity contribution in [2.75, 3.05) is 0 Å². The summed E-state index contributed by atoms with van der Waals surface area (Å²) in [4.78, 5) is 12.2. The van der Waals surface area contributed by atoms with Gasteiger partial charge in [0.1, 0.15) is 5.78 Å². The molecule has 0 unspecified atom stereocenters. The average Bonchev–Trinajstić information content (AvgIpc) is 2.67. The lowest BCUT2D eigenvalue weighted by Crippen LogP contribution is -2.71. The van der Waals surface area contributed by atoms with Gasteiger partial charge >= 0.3 is 0 Å². The normalized spacial score (nSPS) is 67.9. The van der Waals surface area contributed by atoms with Gasteiger partial charge in [-0.1, -0.05) is 20.8 Å². The van der Waals surface area contributed by atoms with Crippen LogP contribution in [0, 0.1) is 34.0 Å². The minimum Gasteiger partial charge on any atom is -0.393 e. The summed E-state index contributed by atoms with van der Waals surface area (Å²) in [6, 6.07) is 0. The summed E-state index contributed by atoms with van der Waals surface area (Å²) in [5, 5.41) is 10.6. The van der Waals surface area contributed by atoms with Gasteiger partial charge in [0.05, 0.1) is 6.10 Å². The molecule has 1 N–H and O–H groups in total. The van der Waals surface area contributed by atoms with E-state index in [4.69, 9.17) is 0 Å². The van der Waals surface area contributed by atoms with Crippen molar-refractivity contribution < 1.29 is 9.90 Å². The zero-order chi connectivity index (χ0) is 12.2. The molecule has 0 radical (unpaired) electrons. The van der Waals surface area contributed by atoms with Crippen LogP contribution in [0.25, 0.3) is 0 Å². The lowest BCUT2D eigenvalue weighted by molar-refractivity contribution is -0.253. The Morgan fingerprint density at radius 1 is 1.29 bits per heavy atom. The molecule has 0 aromatic rings. The van der Waals surface area contributed by atoms with Crippen molar-refractivity contribution in [2.24, 2.45) is 34.0 Å². The van der Waals surface area contributed by atoms with Crippen LogP contribution in [0.2, 0.25) is 0 Å². The third kappa shape index (κ3) is 0.717. The second kappa shape index (κ2) is 2.49. The fourth-order valence-electron chi connectivity index (χ4n) is 6.81. The molecule has 2 heteroatoms. The smallest absolute Gasteiger partial charge is 0.136 e. The quantitative estimate of drug-likeness (QED) is 0.699. The minimum atomic E-state index is -0.156. The second-order valence-corrected chi connectivity index (χ2v) is 7.64. The van der Waals surface area contributed by atoms with E-state index in [9.17, 15) is 9.90 Å². The van der Waals surface area contributed by atoms with Crippen molar-refractivity contribution >= 4 is 5.78 Å². The number of aliphatic hydroxyl groups is 1. The SMILES string of the molecule is C[C@@H]1CC(=O)[C@H]2C[C@@]3(C)[C@@H]4C[C@@H](O)[C@@]1(C4)[C@@]23C. The van der Waals surface area contributed by atoms with E-state index in [0.29, 0.717) is 29.5 Å². The highest BCUT2D eigenvalue weighted by molar-refractivity contribution is 5.85. The summed E-state index contributed by atoms with van der Waals surface area (Å²) in [5.41, 5.74) is 0.488. The van der Waals surface area contributed by atoms with Gasteiger partial charge in [-0.15, -0.1) is 0 Å². The lowest BCUT2D eigenvalue weighted by atomic mass is 9.32. The van der Waals surface area contributed by atoms with Crippen LogP contribution in [0.3, 0.4) is 0 Å². The molecule has 7 atom stereocenters. The summed E-state index contributed by atoms with van der Waals surface area (Å²) in [5.74, 6) is 1.76. The number of fused-ring (bicyclic) bond motifs is 2. The predicted molar refractivity (Wildman–Crippen MR) is 64.3 cm³/mol. The van der Waals surface area contributed by atoms with E-state index in [1.165, 1.54) is 6.42 Å². The standard InChI is InChI=1S/C15H22O2/c1-8-4-11(16)10-7-13(2)9-5-12(17)15(8,6-9)14(10,13)3/h8-10,12,17H,4-7H2,1-3H3/t8-,9-,10-,12-,13+,14+,15+/m1/s1. The van der Waals surface area contributed by atoms with Crippen LogP contribution in [0.1, 0.15) is 46.5 Å². The summed E-state index contributed by atoms with van der Waals surface area (Å²) in [6.07, 6.45) is 3.80. The Kier molecular flexibility index (Phi) is 1.55. The summed E-state index contributed by atoms with van der Waals surface area (Å²) >= 11 is 0. The van der Waals surface area contributed by atoms with Gasteiger partial charge < -0.3 is 5.11 Å². The second-order valence-electron chi connectivity index (χ2n) is 7.64. The minimum absolute atomic E-state index is 0.0588. The van der Waals surface area contributed by atoms with Crippen LogP contribution in [0.4, 0.5) is 0 Å². The maximum atomic E-state index is 12.2. The van der Waals surface area contributed by atoms with Crippen LogP contribution >= 0.6 is 0 Å². The largest absolute Gasteiger partial charge is 0.393 e. The number of carbonyl (C=O) groups excluding carboxylic acids is 1. The number of aliphatic hydroxyl groups excluding tert-OH is 1. The van der Waals surface area contributed by atoms with E-state index in [1.807, 2.05) is 0 Å². The first-order chi connectivity index (χ1) is 7.88. The maximum Gasteiger partial charge on any atom is 0.136 e. The molecule has 0 aromatic carbocycles. The third-order valence-electron chi connectivity index (χ3n) is 7.84. The molecule has 4 saturated carbocycles. The number of ketones is 1. The number of hydrogen-bond donors (Lipinski definition) is 1. The molecule has 0 amide bonds. The van der Waals surface area contributed by atoms with Gasteiger partial charge in [-0.05, 0) is 41.9 Å². The van der Waals surface area contributed by atoms with Gasteiger partial charge in [-0.3, -0.25) is 4.79 Å². The Morgan fingerprint density at radius 3 is 2.71 bits per heavy atom. The average molecular weight is 234 g/mol. The Morgan fingerprint density at radius 2 is 2.00 bits per heavy atom. The predicted octanol–water partition coefficient (Wildman–Crippen LogP) is 2.40. The zero-order valence-corrected chi connectivity index (χ0v) is 11.0. The molecule has 0 aliphatic heterocycles. The van der Waals surface area contributed by atoms with Crippen molar-refractivity contribution in [3.05, 3.63) is 0 Å². The van der Waals surface area contributed by atoms with Crippen molar-refractivity contribution in [1.29, 1.82) is 0 Å². The van der Waals surface area contributed by atoms with Gasteiger partial charge in [-0.25, -0.2) is 0 Å². The van der Waals surface area contributed by atoms with E-state index in [1.54, 1.807) is 0 Å². The molecule has 1 spiro atoms. The topological polar surface area (TPSA) is 37.3 Å². The Hall–Kier alpha value is -0.370. The number of rotatable bonds is 0. The first-order valence-electron chi connectivity index (χ1n) is 7.08. The molecule has 0 saturated heterocycles. The van der Waals surface area contributed by atoms with Gasteiger partial charge in [0.25, 0.3) is 0 Å². The Balaban J connectivity index is 1.95. The summed E-state index contributed by atoms with van der Waals surface area (Å²) < 4.78 is 0. The molecule has 94 valence electrons. The first kappa shape index (κ1) is 10.5. The number of carbonyl (C=O) groups is 1. The highest BCUT2D eigenvalue weighted by Crippen LogP contribution is 2.86. The monoisotopic (exact) mass is 234 g/mol.